The van der Waals surface area contributed by atoms with Crippen LogP contribution in [0.4, 0.5) is 0 Å². The lowest BCUT2D eigenvalue weighted by molar-refractivity contribution is 0.294. The zero-order valence-corrected chi connectivity index (χ0v) is 15.4. The first-order valence-electron chi connectivity index (χ1n) is 8.93. The summed E-state index contributed by atoms with van der Waals surface area (Å²) in [7, 11) is 1.65. The molecule has 0 atom stereocenters. The van der Waals surface area contributed by atoms with Crippen LogP contribution in [0.25, 0.3) is 0 Å². The summed E-state index contributed by atoms with van der Waals surface area (Å²) in [5.74, 6) is 2.46. The van der Waals surface area contributed by atoms with Crippen LogP contribution in [0.1, 0.15) is 11.3 Å². The third-order valence-electron chi connectivity index (χ3n) is 3.98. The number of ether oxygens (including phenoxy) is 3. The Labute approximate surface area is 159 Å². The van der Waals surface area contributed by atoms with E-state index in [0.29, 0.717) is 19.8 Å². The second-order valence-electron chi connectivity index (χ2n) is 5.92. The van der Waals surface area contributed by atoms with Crippen LogP contribution in [-0.4, -0.2) is 25.2 Å². The fraction of sp³-hybridized carbons (Fsp3) is 0.227. The van der Waals surface area contributed by atoms with Gasteiger partial charge in [0.15, 0.2) is 0 Å². The van der Waals surface area contributed by atoms with Crippen molar-refractivity contribution in [2.24, 2.45) is 0 Å². The predicted molar refractivity (Wildman–Crippen MR) is 105 cm³/mol. The van der Waals surface area contributed by atoms with Crippen molar-refractivity contribution in [2.75, 3.05) is 20.3 Å². The van der Waals surface area contributed by atoms with Crippen molar-refractivity contribution in [3.8, 4) is 17.2 Å². The van der Waals surface area contributed by atoms with Gasteiger partial charge in [0.1, 0.15) is 30.5 Å². The van der Waals surface area contributed by atoms with Crippen LogP contribution < -0.4 is 19.5 Å². The smallest absolute Gasteiger partial charge is 0.130 e. The lowest BCUT2D eigenvalue weighted by Crippen LogP contribution is -2.21. The van der Waals surface area contributed by atoms with Gasteiger partial charge in [-0.3, -0.25) is 4.98 Å². The van der Waals surface area contributed by atoms with E-state index in [1.54, 1.807) is 13.3 Å². The van der Waals surface area contributed by atoms with E-state index in [1.165, 1.54) is 0 Å². The highest BCUT2D eigenvalue weighted by molar-refractivity contribution is 5.34. The van der Waals surface area contributed by atoms with Crippen molar-refractivity contribution in [3.63, 3.8) is 0 Å². The summed E-state index contributed by atoms with van der Waals surface area (Å²) in [4.78, 5) is 4.28. The number of methoxy groups -OCH3 is 1. The highest BCUT2D eigenvalue weighted by atomic mass is 16.5. The van der Waals surface area contributed by atoms with Gasteiger partial charge in [-0.2, -0.15) is 0 Å². The second-order valence-corrected chi connectivity index (χ2v) is 5.92. The van der Waals surface area contributed by atoms with Gasteiger partial charge in [-0.25, -0.2) is 0 Å². The maximum Gasteiger partial charge on any atom is 0.130 e. The van der Waals surface area contributed by atoms with Crippen molar-refractivity contribution < 1.29 is 14.2 Å². The first-order valence-corrected chi connectivity index (χ1v) is 8.93. The highest BCUT2D eigenvalue weighted by Crippen LogP contribution is 2.20. The van der Waals surface area contributed by atoms with Crippen molar-refractivity contribution in [1.82, 2.24) is 10.3 Å². The van der Waals surface area contributed by atoms with E-state index in [1.807, 2.05) is 60.7 Å². The van der Waals surface area contributed by atoms with Crippen molar-refractivity contribution >= 4 is 0 Å². The van der Waals surface area contributed by atoms with Crippen LogP contribution in [0, 0.1) is 0 Å². The van der Waals surface area contributed by atoms with E-state index in [-0.39, 0.29) is 0 Å². The van der Waals surface area contributed by atoms with Crippen LogP contribution in [-0.2, 0) is 13.2 Å². The molecule has 0 aliphatic rings. The number of hydrogen-bond acceptors (Lipinski definition) is 5. The molecule has 0 bridgehead atoms. The van der Waals surface area contributed by atoms with Gasteiger partial charge in [0, 0.05) is 30.9 Å². The number of benzene rings is 2. The van der Waals surface area contributed by atoms with Gasteiger partial charge in [0.2, 0.25) is 0 Å². The molecule has 0 fully saturated rings. The molecule has 140 valence electrons. The first kappa shape index (κ1) is 18.7. The maximum absolute atomic E-state index is 5.93. The Morgan fingerprint density at radius 1 is 0.889 bits per heavy atom. The maximum atomic E-state index is 5.93. The summed E-state index contributed by atoms with van der Waals surface area (Å²) in [6.07, 6.45) is 1.77. The fourth-order valence-electron chi connectivity index (χ4n) is 2.58. The molecule has 5 heteroatoms. The molecule has 1 N–H and O–H groups in total. The Hall–Kier alpha value is -3.05. The molecule has 0 saturated carbocycles. The van der Waals surface area contributed by atoms with E-state index in [9.17, 15) is 0 Å². The lowest BCUT2D eigenvalue weighted by atomic mass is 10.2. The number of nitrogens with zero attached hydrogens (tertiary/aromatic N) is 1. The van der Waals surface area contributed by atoms with E-state index in [4.69, 9.17) is 14.2 Å². The first-order chi connectivity index (χ1) is 13.3. The van der Waals surface area contributed by atoms with E-state index in [2.05, 4.69) is 16.4 Å². The molecule has 3 rings (SSSR count). The summed E-state index contributed by atoms with van der Waals surface area (Å²) < 4.78 is 16.9. The Balaban J connectivity index is 1.44. The standard InChI is InChI=1S/C22H24N2O3/c1-25-20-9-6-10-21(15-20)26-14-13-23-16-18-7-2-3-11-22(18)27-17-19-8-4-5-12-24-19/h2-12,15,23H,13-14,16-17H2,1H3. The largest absolute Gasteiger partial charge is 0.497 e. The molecular weight excluding hydrogens is 340 g/mol. The Kier molecular flexibility index (Phi) is 7.07. The van der Waals surface area contributed by atoms with Crippen LogP contribution in [0.15, 0.2) is 72.9 Å². The summed E-state index contributed by atoms with van der Waals surface area (Å²) in [5, 5.41) is 3.39. The topological polar surface area (TPSA) is 52.6 Å². The van der Waals surface area contributed by atoms with Crippen LogP contribution in [0.2, 0.25) is 0 Å². The van der Waals surface area contributed by atoms with Crippen molar-refractivity contribution in [1.29, 1.82) is 0 Å². The van der Waals surface area contributed by atoms with Crippen LogP contribution in [0.3, 0.4) is 0 Å². The minimum absolute atomic E-state index is 0.455. The normalized spacial score (nSPS) is 10.4. The van der Waals surface area contributed by atoms with Gasteiger partial charge in [0.25, 0.3) is 0 Å². The average Bonchev–Trinajstić information content (AvgIpc) is 2.73. The molecule has 0 saturated heterocycles. The molecule has 0 amide bonds. The molecule has 2 aromatic carbocycles. The van der Waals surface area contributed by atoms with Crippen molar-refractivity contribution in [2.45, 2.75) is 13.2 Å². The second kappa shape index (κ2) is 10.2. The molecule has 0 aliphatic carbocycles. The minimum Gasteiger partial charge on any atom is -0.497 e. The monoisotopic (exact) mass is 364 g/mol. The Morgan fingerprint density at radius 2 is 1.74 bits per heavy atom. The summed E-state index contributed by atoms with van der Waals surface area (Å²) >= 11 is 0. The predicted octanol–water partition coefficient (Wildman–Crippen LogP) is 3.84. The average molecular weight is 364 g/mol. The van der Waals surface area contributed by atoms with Gasteiger partial charge < -0.3 is 19.5 Å². The highest BCUT2D eigenvalue weighted by Gasteiger charge is 2.04. The van der Waals surface area contributed by atoms with Gasteiger partial charge in [0.05, 0.1) is 12.8 Å². The molecule has 1 heterocycles. The number of rotatable bonds is 10. The molecule has 0 unspecified atom stereocenters. The van der Waals surface area contributed by atoms with Crippen LogP contribution >= 0.6 is 0 Å². The zero-order chi connectivity index (χ0) is 18.7. The van der Waals surface area contributed by atoms with Gasteiger partial charge in [-0.15, -0.1) is 0 Å². The number of para-hydroxylation sites is 1. The third kappa shape index (κ3) is 6.01. The molecule has 1 aromatic heterocycles. The molecular formula is C22H24N2O3. The van der Waals surface area contributed by atoms with Gasteiger partial charge in [-0.1, -0.05) is 30.3 Å². The molecule has 0 spiro atoms. The SMILES string of the molecule is COc1cccc(OCCNCc2ccccc2OCc2ccccn2)c1. The van der Waals surface area contributed by atoms with Gasteiger partial charge >= 0.3 is 0 Å². The van der Waals surface area contributed by atoms with Gasteiger partial charge in [-0.05, 0) is 30.3 Å². The Morgan fingerprint density at radius 3 is 2.59 bits per heavy atom. The van der Waals surface area contributed by atoms with E-state index < -0.39 is 0 Å². The number of hydrogen-bond donors (Lipinski definition) is 1. The minimum atomic E-state index is 0.455. The lowest BCUT2D eigenvalue weighted by Gasteiger charge is -2.12. The fourth-order valence-corrected chi connectivity index (χ4v) is 2.58. The quantitative estimate of drug-likeness (QED) is 0.554. The summed E-state index contributed by atoms with van der Waals surface area (Å²) in [6, 6.07) is 21.4. The molecule has 27 heavy (non-hydrogen) atoms. The molecule has 3 aromatic rings. The molecule has 0 radical (unpaired) electrons. The number of pyridine rings is 1. The van der Waals surface area contributed by atoms with Crippen molar-refractivity contribution in [3.05, 3.63) is 84.2 Å². The number of aromatic nitrogens is 1. The third-order valence-corrected chi connectivity index (χ3v) is 3.98. The number of nitrogens with one attached hydrogen (secondary N) is 1. The zero-order valence-electron chi connectivity index (χ0n) is 15.4. The van der Waals surface area contributed by atoms with E-state index >= 15 is 0 Å². The molecule has 5 nitrogen and oxygen atoms in total. The summed E-state index contributed by atoms with van der Waals surface area (Å²) in [5.41, 5.74) is 2.02. The summed E-state index contributed by atoms with van der Waals surface area (Å²) in [6.45, 7) is 2.46. The van der Waals surface area contributed by atoms with Crippen LogP contribution in [0.5, 0.6) is 17.2 Å². The van der Waals surface area contributed by atoms with E-state index in [0.717, 1.165) is 35.1 Å². The molecule has 0 aliphatic heterocycles. The Bertz CT molecular complexity index is 825.